The summed E-state index contributed by atoms with van der Waals surface area (Å²) in [6, 6.07) is 7.46. The van der Waals surface area contributed by atoms with E-state index in [1.807, 2.05) is 0 Å². The summed E-state index contributed by atoms with van der Waals surface area (Å²) in [6.45, 7) is 0. The molecule has 148 valence electrons. The Balaban J connectivity index is 2.48. The Morgan fingerprint density at radius 3 is 1.56 bits per heavy atom. The SMILES string of the molecule is FC(F)(F)c1cccc(C(OC(c2ccccc2)C(F)(F)F)C(F)(F)F)c1. The standard InChI is InChI=1S/C17H11F9O/c18-15(19,20)12-8-4-7-11(9-12)14(17(24,25)26)27-13(16(21,22)23)10-5-2-1-3-6-10/h1-9,13-14H. The van der Waals surface area contributed by atoms with Gasteiger partial charge in [-0.25, -0.2) is 0 Å². The van der Waals surface area contributed by atoms with E-state index < -0.39 is 47.4 Å². The van der Waals surface area contributed by atoms with Gasteiger partial charge in [-0.15, -0.1) is 0 Å². The first-order chi connectivity index (χ1) is 12.3. The molecule has 0 radical (unpaired) electrons. The van der Waals surface area contributed by atoms with Gasteiger partial charge in [-0.2, -0.15) is 39.5 Å². The third-order valence-corrected chi connectivity index (χ3v) is 3.49. The summed E-state index contributed by atoms with van der Waals surface area (Å²) in [4.78, 5) is 0. The summed E-state index contributed by atoms with van der Waals surface area (Å²) in [7, 11) is 0. The molecule has 2 unspecified atom stereocenters. The van der Waals surface area contributed by atoms with E-state index in [4.69, 9.17) is 0 Å². The molecule has 27 heavy (non-hydrogen) atoms. The van der Waals surface area contributed by atoms with Crippen molar-refractivity contribution in [2.75, 3.05) is 0 Å². The summed E-state index contributed by atoms with van der Waals surface area (Å²) in [5, 5.41) is 0. The number of rotatable bonds is 4. The molecule has 1 nitrogen and oxygen atoms in total. The molecule has 0 bridgehead atoms. The molecule has 0 aromatic heterocycles. The maximum atomic E-state index is 13.3. The van der Waals surface area contributed by atoms with Crippen LogP contribution in [0.15, 0.2) is 54.6 Å². The van der Waals surface area contributed by atoms with Crippen molar-refractivity contribution in [3.05, 3.63) is 71.3 Å². The van der Waals surface area contributed by atoms with Crippen LogP contribution in [0.2, 0.25) is 0 Å². The van der Waals surface area contributed by atoms with Crippen molar-refractivity contribution < 1.29 is 44.3 Å². The Labute approximate surface area is 147 Å². The van der Waals surface area contributed by atoms with Crippen molar-refractivity contribution in [3.63, 3.8) is 0 Å². The van der Waals surface area contributed by atoms with Crippen LogP contribution in [0.4, 0.5) is 39.5 Å². The van der Waals surface area contributed by atoms with Gasteiger partial charge in [0.15, 0.2) is 12.2 Å². The number of ether oxygens (including phenoxy) is 1. The maximum absolute atomic E-state index is 13.3. The van der Waals surface area contributed by atoms with Gasteiger partial charge in [0.2, 0.25) is 0 Å². The molecule has 0 N–H and O–H groups in total. The highest BCUT2D eigenvalue weighted by molar-refractivity contribution is 5.28. The fourth-order valence-electron chi connectivity index (χ4n) is 2.33. The molecule has 2 rings (SSSR count). The van der Waals surface area contributed by atoms with Crippen LogP contribution in [0.1, 0.15) is 28.9 Å². The second kappa shape index (κ2) is 7.41. The van der Waals surface area contributed by atoms with Gasteiger partial charge in [-0.3, -0.25) is 0 Å². The predicted octanol–water partition coefficient (Wildman–Crippen LogP) is 6.63. The minimum Gasteiger partial charge on any atom is -0.347 e. The van der Waals surface area contributed by atoms with E-state index in [2.05, 4.69) is 4.74 Å². The molecule has 2 aromatic rings. The summed E-state index contributed by atoms with van der Waals surface area (Å²) >= 11 is 0. The number of benzene rings is 2. The number of halogens is 9. The lowest BCUT2D eigenvalue weighted by molar-refractivity contribution is -0.292. The number of hydrogen-bond donors (Lipinski definition) is 0. The minimum atomic E-state index is -5.37. The van der Waals surface area contributed by atoms with E-state index in [9.17, 15) is 39.5 Å². The molecular weight excluding hydrogens is 391 g/mol. The first-order valence-electron chi connectivity index (χ1n) is 7.31. The molecule has 2 atom stereocenters. The van der Waals surface area contributed by atoms with Crippen LogP contribution in [-0.2, 0) is 10.9 Å². The molecule has 0 aliphatic carbocycles. The van der Waals surface area contributed by atoms with Crippen molar-refractivity contribution in [2.45, 2.75) is 30.7 Å². The Hall–Kier alpha value is -2.23. The average molecular weight is 402 g/mol. The van der Waals surface area contributed by atoms with Gasteiger partial charge in [-0.1, -0.05) is 42.5 Å². The first kappa shape index (κ1) is 21.1. The number of alkyl halides is 9. The highest BCUT2D eigenvalue weighted by Crippen LogP contribution is 2.45. The summed E-state index contributed by atoms with van der Waals surface area (Å²) in [6.07, 6.45) is -21.7. The van der Waals surface area contributed by atoms with Crippen LogP contribution in [0, 0.1) is 0 Å². The Morgan fingerprint density at radius 2 is 1.07 bits per heavy atom. The highest BCUT2D eigenvalue weighted by atomic mass is 19.4. The van der Waals surface area contributed by atoms with E-state index in [0.717, 1.165) is 12.1 Å². The van der Waals surface area contributed by atoms with Crippen LogP contribution >= 0.6 is 0 Å². The molecule has 0 aliphatic heterocycles. The van der Waals surface area contributed by atoms with E-state index in [1.54, 1.807) is 0 Å². The van der Waals surface area contributed by atoms with Gasteiger partial charge in [0.05, 0.1) is 5.56 Å². The monoisotopic (exact) mass is 402 g/mol. The summed E-state index contributed by atoms with van der Waals surface area (Å²) in [5.41, 5.74) is -3.12. The van der Waals surface area contributed by atoms with Gasteiger partial charge in [0.1, 0.15) is 0 Å². The molecule has 0 aliphatic rings. The van der Waals surface area contributed by atoms with E-state index in [0.29, 0.717) is 18.2 Å². The molecule has 10 heteroatoms. The highest BCUT2D eigenvalue weighted by Gasteiger charge is 2.50. The van der Waals surface area contributed by atoms with E-state index >= 15 is 0 Å². The third-order valence-electron chi connectivity index (χ3n) is 3.49. The summed E-state index contributed by atoms with van der Waals surface area (Å²) in [5.74, 6) is 0. The van der Waals surface area contributed by atoms with Gasteiger partial charge in [0, 0.05) is 0 Å². The molecule has 0 saturated carbocycles. The average Bonchev–Trinajstić information content (AvgIpc) is 2.53. The van der Waals surface area contributed by atoms with Crippen LogP contribution in [-0.4, -0.2) is 12.4 Å². The normalized spacial score (nSPS) is 15.4. The largest absolute Gasteiger partial charge is 0.418 e. The van der Waals surface area contributed by atoms with Gasteiger partial charge in [-0.05, 0) is 23.3 Å². The minimum absolute atomic E-state index is 0.122. The Kier molecular flexibility index (Phi) is 5.79. The van der Waals surface area contributed by atoms with Gasteiger partial charge < -0.3 is 4.74 Å². The number of hydrogen-bond acceptors (Lipinski definition) is 1. The molecule has 0 amide bonds. The smallest absolute Gasteiger partial charge is 0.347 e. The molecule has 0 fully saturated rings. The Bertz CT molecular complexity index is 747. The van der Waals surface area contributed by atoms with E-state index in [-0.39, 0.29) is 6.07 Å². The van der Waals surface area contributed by atoms with Crippen molar-refractivity contribution in [1.82, 2.24) is 0 Å². The van der Waals surface area contributed by atoms with Crippen molar-refractivity contribution in [3.8, 4) is 0 Å². The fourth-order valence-corrected chi connectivity index (χ4v) is 2.33. The van der Waals surface area contributed by atoms with Gasteiger partial charge >= 0.3 is 18.5 Å². The Morgan fingerprint density at radius 1 is 0.593 bits per heavy atom. The molecule has 0 heterocycles. The quantitative estimate of drug-likeness (QED) is 0.522. The molecular formula is C17H11F9O. The van der Waals surface area contributed by atoms with Crippen molar-refractivity contribution in [2.24, 2.45) is 0 Å². The maximum Gasteiger partial charge on any atom is 0.418 e. The van der Waals surface area contributed by atoms with Crippen LogP contribution in [0.5, 0.6) is 0 Å². The van der Waals surface area contributed by atoms with Crippen LogP contribution < -0.4 is 0 Å². The predicted molar refractivity (Wildman–Crippen MR) is 76.6 cm³/mol. The zero-order valence-electron chi connectivity index (χ0n) is 13.2. The van der Waals surface area contributed by atoms with E-state index in [1.165, 1.54) is 18.2 Å². The van der Waals surface area contributed by atoms with Gasteiger partial charge in [0.25, 0.3) is 0 Å². The summed E-state index contributed by atoms with van der Waals surface area (Å²) < 4.78 is 122. The second-order valence-corrected chi connectivity index (χ2v) is 5.51. The zero-order chi connectivity index (χ0) is 20.5. The van der Waals surface area contributed by atoms with Crippen molar-refractivity contribution in [1.29, 1.82) is 0 Å². The lowest BCUT2D eigenvalue weighted by Crippen LogP contribution is -2.31. The second-order valence-electron chi connectivity index (χ2n) is 5.51. The van der Waals surface area contributed by atoms with Crippen LogP contribution in [0.25, 0.3) is 0 Å². The topological polar surface area (TPSA) is 9.23 Å². The first-order valence-corrected chi connectivity index (χ1v) is 7.31. The lowest BCUT2D eigenvalue weighted by Gasteiger charge is -2.29. The third kappa shape index (κ3) is 5.38. The molecule has 2 aromatic carbocycles. The van der Waals surface area contributed by atoms with Crippen molar-refractivity contribution >= 4 is 0 Å². The molecule has 0 spiro atoms. The molecule has 0 saturated heterocycles. The fraction of sp³-hybridized carbons (Fsp3) is 0.294. The van der Waals surface area contributed by atoms with Crippen LogP contribution in [0.3, 0.4) is 0 Å². The zero-order valence-corrected chi connectivity index (χ0v) is 13.2. The lowest BCUT2D eigenvalue weighted by atomic mass is 10.0.